The van der Waals surface area contributed by atoms with Crippen molar-refractivity contribution in [2.75, 3.05) is 19.6 Å². The summed E-state index contributed by atoms with van der Waals surface area (Å²) in [7, 11) is 0. The zero-order chi connectivity index (χ0) is 20.8. The molecule has 0 amide bonds. The molecule has 1 fully saturated rings. The highest BCUT2D eigenvalue weighted by Crippen LogP contribution is 2.25. The molecule has 1 saturated heterocycles. The number of aliphatic hydroxyl groups excluding tert-OH is 1. The molecule has 0 unspecified atom stereocenters. The highest BCUT2D eigenvalue weighted by atomic mass is 16.3. The van der Waals surface area contributed by atoms with E-state index in [1.54, 1.807) is 12.7 Å². The first-order valence-corrected chi connectivity index (χ1v) is 10.4. The number of β-amino-alcohol motifs (C(OH)–C–C–N with tert-alkyl or cyclic N) is 1. The Bertz CT molecular complexity index is 968. The highest BCUT2D eigenvalue weighted by Gasteiger charge is 2.22. The Balaban J connectivity index is 1.52. The molecule has 2 aromatic carbocycles. The Labute approximate surface area is 177 Å². The summed E-state index contributed by atoms with van der Waals surface area (Å²) < 4.78 is 1.81. The summed E-state index contributed by atoms with van der Waals surface area (Å²) in [6.07, 6.45) is 3.80. The van der Waals surface area contributed by atoms with Gasteiger partial charge in [-0.05, 0) is 35.6 Å². The zero-order valence-electron chi connectivity index (χ0n) is 17.3. The van der Waals surface area contributed by atoms with Crippen molar-refractivity contribution in [2.45, 2.75) is 32.5 Å². The highest BCUT2D eigenvalue weighted by molar-refractivity contribution is 5.80. The topological polar surface area (TPSA) is 78.6 Å². The van der Waals surface area contributed by atoms with Crippen LogP contribution in [-0.2, 0) is 13.1 Å². The van der Waals surface area contributed by atoms with Crippen LogP contribution < -0.4 is 5.32 Å². The molecule has 0 spiro atoms. The average Bonchev–Trinajstić information content (AvgIpc) is 3.44. The molecule has 0 bridgehead atoms. The van der Waals surface area contributed by atoms with Crippen molar-refractivity contribution < 1.29 is 5.11 Å². The van der Waals surface area contributed by atoms with E-state index in [1.165, 1.54) is 22.3 Å². The molecule has 7 nitrogen and oxygen atoms in total. The van der Waals surface area contributed by atoms with Crippen molar-refractivity contribution in [1.82, 2.24) is 25.0 Å². The Hall–Kier alpha value is -3.19. The molecule has 1 aromatic heterocycles. The van der Waals surface area contributed by atoms with Gasteiger partial charge in [-0.2, -0.15) is 5.10 Å². The molecule has 30 heavy (non-hydrogen) atoms. The van der Waals surface area contributed by atoms with E-state index in [2.05, 4.69) is 75.8 Å². The molecule has 1 atom stereocenters. The van der Waals surface area contributed by atoms with Crippen LogP contribution in [0.4, 0.5) is 0 Å². The van der Waals surface area contributed by atoms with Crippen molar-refractivity contribution >= 4 is 5.96 Å². The van der Waals surface area contributed by atoms with Gasteiger partial charge in [0.15, 0.2) is 5.96 Å². The van der Waals surface area contributed by atoms with E-state index in [-0.39, 0.29) is 6.10 Å². The fourth-order valence-corrected chi connectivity index (χ4v) is 3.75. The Morgan fingerprint density at radius 1 is 1.20 bits per heavy atom. The summed E-state index contributed by atoms with van der Waals surface area (Å²) in [6.45, 7) is 5.64. The van der Waals surface area contributed by atoms with E-state index in [1.807, 2.05) is 4.68 Å². The van der Waals surface area contributed by atoms with Gasteiger partial charge < -0.3 is 15.3 Å². The third kappa shape index (κ3) is 4.86. The fourth-order valence-electron chi connectivity index (χ4n) is 3.75. The van der Waals surface area contributed by atoms with Crippen molar-refractivity contribution in [3.8, 4) is 11.1 Å². The van der Waals surface area contributed by atoms with E-state index in [0.29, 0.717) is 19.6 Å². The lowest BCUT2D eigenvalue weighted by Gasteiger charge is -2.21. The molecule has 7 heteroatoms. The third-order valence-corrected chi connectivity index (χ3v) is 5.29. The van der Waals surface area contributed by atoms with Gasteiger partial charge in [0.1, 0.15) is 12.7 Å². The van der Waals surface area contributed by atoms with Crippen LogP contribution in [0, 0.1) is 0 Å². The number of nitrogens with zero attached hydrogens (tertiary/aromatic N) is 5. The van der Waals surface area contributed by atoms with Gasteiger partial charge in [0, 0.05) is 19.6 Å². The van der Waals surface area contributed by atoms with Crippen molar-refractivity contribution in [1.29, 1.82) is 0 Å². The van der Waals surface area contributed by atoms with Gasteiger partial charge in [-0.25, -0.2) is 14.7 Å². The van der Waals surface area contributed by atoms with Gasteiger partial charge in [0.05, 0.1) is 19.2 Å². The Kier molecular flexibility index (Phi) is 6.39. The SMILES string of the molecule is CCNC(=NCc1ccccc1-c1ccc(Cn2cncn2)cc1)N1CC[C@@H](O)C1. The first kappa shape index (κ1) is 20.1. The minimum absolute atomic E-state index is 0.267. The minimum Gasteiger partial charge on any atom is -0.391 e. The number of rotatable bonds is 6. The maximum atomic E-state index is 9.86. The lowest BCUT2D eigenvalue weighted by atomic mass is 9.98. The second-order valence-corrected chi connectivity index (χ2v) is 7.51. The second-order valence-electron chi connectivity index (χ2n) is 7.51. The maximum absolute atomic E-state index is 9.86. The number of aliphatic imine (C=N–C) groups is 1. The predicted octanol–water partition coefficient (Wildman–Crippen LogP) is 2.53. The standard InChI is InChI=1S/C23H28N6O/c1-2-25-23(28-12-11-21(30)15-28)26-13-20-5-3-4-6-22(20)19-9-7-18(8-10-19)14-29-17-24-16-27-29/h3-10,16-17,21,30H,2,11-15H2,1H3,(H,25,26)/t21-/m1/s1. The van der Waals surface area contributed by atoms with Crippen molar-refractivity contribution in [3.05, 3.63) is 72.3 Å². The van der Waals surface area contributed by atoms with Crippen LogP contribution in [0.3, 0.4) is 0 Å². The van der Waals surface area contributed by atoms with Gasteiger partial charge in [-0.3, -0.25) is 0 Å². The van der Waals surface area contributed by atoms with Gasteiger partial charge in [-0.1, -0.05) is 48.5 Å². The monoisotopic (exact) mass is 404 g/mol. The summed E-state index contributed by atoms with van der Waals surface area (Å²) in [6, 6.07) is 17.0. The van der Waals surface area contributed by atoms with Gasteiger partial charge >= 0.3 is 0 Å². The molecular weight excluding hydrogens is 376 g/mol. The van der Waals surface area contributed by atoms with Crippen LogP contribution in [0.1, 0.15) is 24.5 Å². The van der Waals surface area contributed by atoms with E-state index in [4.69, 9.17) is 4.99 Å². The number of nitrogens with one attached hydrogen (secondary N) is 1. The lowest BCUT2D eigenvalue weighted by molar-refractivity contribution is 0.188. The minimum atomic E-state index is -0.267. The number of guanidine groups is 1. The number of hydrogen-bond acceptors (Lipinski definition) is 4. The van der Waals surface area contributed by atoms with Crippen LogP contribution in [0.2, 0.25) is 0 Å². The summed E-state index contributed by atoms with van der Waals surface area (Å²) in [5.41, 5.74) is 4.72. The third-order valence-electron chi connectivity index (χ3n) is 5.29. The first-order valence-electron chi connectivity index (χ1n) is 10.4. The molecule has 0 aliphatic carbocycles. The van der Waals surface area contributed by atoms with E-state index in [0.717, 1.165) is 25.5 Å². The number of aliphatic hydroxyl groups is 1. The summed E-state index contributed by atoms with van der Waals surface area (Å²) in [5.74, 6) is 0.868. The van der Waals surface area contributed by atoms with Crippen molar-refractivity contribution in [2.24, 2.45) is 4.99 Å². The molecule has 0 saturated carbocycles. The van der Waals surface area contributed by atoms with Crippen molar-refractivity contribution in [3.63, 3.8) is 0 Å². The van der Waals surface area contributed by atoms with Crippen LogP contribution in [0.15, 0.2) is 66.2 Å². The Morgan fingerprint density at radius 3 is 2.73 bits per heavy atom. The number of benzene rings is 2. The lowest BCUT2D eigenvalue weighted by Crippen LogP contribution is -2.40. The molecule has 4 rings (SSSR count). The predicted molar refractivity (Wildman–Crippen MR) is 118 cm³/mol. The quantitative estimate of drug-likeness (QED) is 0.488. The molecule has 2 heterocycles. The second kappa shape index (κ2) is 9.54. The van der Waals surface area contributed by atoms with Gasteiger partial charge in [0.2, 0.25) is 0 Å². The van der Waals surface area contributed by atoms with Gasteiger partial charge in [0.25, 0.3) is 0 Å². The normalized spacial score (nSPS) is 16.8. The molecular formula is C23H28N6O. The molecule has 156 valence electrons. The van der Waals surface area contributed by atoms with E-state index < -0.39 is 0 Å². The molecule has 0 radical (unpaired) electrons. The number of hydrogen-bond donors (Lipinski definition) is 2. The van der Waals surface area contributed by atoms with Crippen LogP contribution in [0.25, 0.3) is 11.1 Å². The molecule has 1 aliphatic heterocycles. The summed E-state index contributed by atoms with van der Waals surface area (Å²) in [5, 5.41) is 17.4. The largest absolute Gasteiger partial charge is 0.391 e. The molecule has 2 N–H and O–H groups in total. The maximum Gasteiger partial charge on any atom is 0.194 e. The van der Waals surface area contributed by atoms with Gasteiger partial charge in [-0.15, -0.1) is 0 Å². The first-order chi connectivity index (χ1) is 14.7. The summed E-state index contributed by atoms with van der Waals surface area (Å²) >= 11 is 0. The fraction of sp³-hybridized carbons (Fsp3) is 0.348. The van der Waals surface area contributed by atoms with Crippen LogP contribution in [0.5, 0.6) is 0 Å². The van der Waals surface area contributed by atoms with E-state index >= 15 is 0 Å². The number of aromatic nitrogens is 3. The average molecular weight is 405 g/mol. The van der Waals surface area contributed by atoms with Crippen LogP contribution >= 0.6 is 0 Å². The van der Waals surface area contributed by atoms with Crippen LogP contribution in [-0.4, -0.2) is 56.5 Å². The zero-order valence-corrected chi connectivity index (χ0v) is 17.3. The smallest absolute Gasteiger partial charge is 0.194 e. The van der Waals surface area contributed by atoms with E-state index in [9.17, 15) is 5.11 Å². The Morgan fingerprint density at radius 2 is 2.03 bits per heavy atom. The molecule has 1 aliphatic rings. The molecule has 3 aromatic rings. The number of likely N-dealkylation sites (tertiary alicyclic amines) is 1. The summed E-state index contributed by atoms with van der Waals surface area (Å²) in [4.78, 5) is 11.0.